The van der Waals surface area contributed by atoms with Gasteiger partial charge in [-0.15, -0.1) is 0 Å². The van der Waals surface area contributed by atoms with Gasteiger partial charge in [-0.3, -0.25) is 0 Å². The Labute approximate surface area is 156 Å². The highest BCUT2D eigenvalue weighted by molar-refractivity contribution is 5.80. The van der Waals surface area contributed by atoms with E-state index in [4.69, 9.17) is 5.11 Å². The summed E-state index contributed by atoms with van der Waals surface area (Å²) in [6.07, 6.45) is 11.8. The maximum absolute atomic E-state index is 11.3. The van der Waals surface area contributed by atoms with E-state index in [9.17, 15) is 15.0 Å². The number of hydrogen-bond acceptors (Lipinski definition) is 3. The van der Waals surface area contributed by atoms with Gasteiger partial charge in [-0.25, -0.2) is 4.79 Å². The third-order valence-electron chi connectivity index (χ3n) is 9.35. The monoisotopic (exact) mass is 362 g/mol. The van der Waals surface area contributed by atoms with E-state index >= 15 is 0 Å². The van der Waals surface area contributed by atoms with E-state index in [1.165, 1.54) is 12.8 Å². The normalized spacial score (nSPS) is 53.8. The van der Waals surface area contributed by atoms with Crippen LogP contribution in [0.15, 0.2) is 12.2 Å². The smallest absolute Gasteiger partial charge is 0.328 e. The van der Waals surface area contributed by atoms with E-state index in [2.05, 4.69) is 13.8 Å². The molecule has 3 N–H and O–H groups in total. The van der Waals surface area contributed by atoms with E-state index in [1.54, 1.807) is 6.08 Å². The standard InChI is InChI=1S/C22H34O4/c1-20-9-5-15(23)13-14(20)3-4-16-17(20)6-10-21(2)18(16)7-11-22(21,26)12-8-19(24)25/h8,12,14-18,23,26H,3-7,9-11,13H2,1-2H3,(H,24,25)/t14-,15-,16+,17-,18-,20-,21-,22+/m0/s1. The van der Waals surface area contributed by atoms with Crippen molar-refractivity contribution < 1.29 is 20.1 Å². The summed E-state index contributed by atoms with van der Waals surface area (Å²) in [6, 6.07) is 0. The van der Waals surface area contributed by atoms with E-state index in [0.29, 0.717) is 35.5 Å². The van der Waals surface area contributed by atoms with Gasteiger partial charge in [-0.2, -0.15) is 0 Å². The molecule has 4 nitrogen and oxygen atoms in total. The highest BCUT2D eigenvalue weighted by Gasteiger charge is 2.63. The maximum Gasteiger partial charge on any atom is 0.328 e. The number of carboxylic acids is 1. The molecule has 8 atom stereocenters. The van der Waals surface area contributed by atoms with Crippen LogP contribution in [0, 0.1) is 34.5 Å². The zero-order chi connectivity index (χ0) is 18.7. The van der Waals surface area contributed by atoms with Crippen molar-refractivity contribution in [2.24, 2.45) is 34.5 Å². The molecule has 4 aliphatic rings. The first-order valence-electron chi connectivity index (χ1n) is 10.5. The molecule has 26 heavy (non-hydrogen) atoms. The fraction of sp³-hybridized carbons (Fsp3) is 0.864. The average Bonchev–Trinajstić information content (AvgIpc) is 2.86. The quantitative estimate of drug-likeness (QED) is 0.654. The topological polar surface area (TPSA) is 77.8 Å². The Morgan fingerprint density at radius 2 is 1.73 bits per heavy atom. The minimum Gasteiger partial charge on any atom is -0.478 e. The lowest BCUT2D eigenvalue weighted by Gasteiger charge is -2.61. The van der Waals surface area contributed by atoms with Crippen molar-refractivity contribution in [3.8, 4) is 0 Å². The fourth-order valence-corrected chi connectivity index (χ4v) is 7.77. The molecule has 0 aromatic carbocycles. The third-order valence-corrected chi connectivity index (χ3v) is 9.35. The third kappa shape index (κ3) is 2.51. The number of aliphatic hydroxyl groups is 2. The van der Waals surface area contributed by atoms with Gasteiger partial charge < -0.3 is 15.3 Å². The van der Waals surface area contributed by atoms with E-state index in [0.717, 1.165) is 44.6 Å². The first-order valence-corrected chi connectivity index (χ1v) is 10.5. The Morgan fingerprint density at radius 1 is 1.00 bits per heavy atom. The number of aliphatic hydroxyl groups excluding tert-OH is 1. The molecule has 4 heteroatoms. The van der Waals surface area contributed by atoms with Crippen molar-refractivity contribution >= 4 is 5.97 Å². The zero-order valence-corrected chi connectivity index (χ0v) is 16.2. The molecule has 0 spiro atoms. The number of hydrogen-bond donors (Lipinski definition) is 3. The SMILES string of the molecule is C[C@]12CC[C@H](O)C[C@@H]1CC[C@@H]1[C@@H]2CC[C@@]2(C)[C@H]1CC[C@@]2(O)C=CC(=O)O. The van der Waals surface area contributed by atoms with Gasteiger partial charge >= 0.3 is 5.97 Å². The van der Waals surface area contributed by atoms with Crippen LogP contribution in [-0.4, -0.2) is 33.0 Å². The molecule has 0 bridgehead atoms. The Bertz CT molecular complexity index is 615. The summed E-state index contributed by atoms with van der Waals surface area (Å²) in [5.74, 6) is 1.47. The predicted octanol–water partition coefficient (Wildman–Crippen LogP) is 3.76. The second-order valence-corrected chi connectivity index (χ2v) is 10.2. The molecule has 0 aromatic rings. The molecule has 0 aromatic heterocycles. The molecule has 146 valence electrons. The molecule has 0 radical (unpaired) electrons. The van der Waals surface area contributed by atoms with Crippen LogP contribution in [0.3, 0.4) is 0 Å². The van der Waals surface area contributed by atoms with Crippen molar-refractivity contribution in [2.45, 2.75) is 83.3 Å². The molecule has 4 aliphatic carbocycles. The molecular formula is C22H34O4. The molecule has 0 amide bonds. The van der Waals surface area contributed by atoms with Gasteiger partial charge in [0.1, 0.15) is 0 Å². The molecule has 0 aliphatic heterocycles. The Balaban J connectivity index is 1.61. The van der Waals surface area contributed by atoms with Crippen LogP contribution >= 0.6 is 0 Å². The Morgan fingerprint density at radius 3 is 2.46 bits per heavy atom. The van der Waals surface area contributed by atoms with Gasteiger partial charge in [0, 0.05) is 11.5 Å². The van der Waals surface area contributed by atoms with Gasteiger partial charge in [0.05, 0.1) is 11.7 Å². The molecule has 0 saturated heterocycles. The molecule has 0 unspecified atom stereocenters. The predicted molar refractivity (Wildman–Crippen MR) is 99.5 cm³/mol. The number of aliphatic carboxylic acids is 1. The van der Waals surface area contributed by atoms with Crippen LogP contribution in [0.1, 0.15) is 71.6 Å². The van der Waals surface area contributed by atoms with Crippen molar-refractivity contribution in [3.05, 3.63) is 12.2 Å². The first-order chi connectivity index (χ1) is 12.2. The molecule has 4 saturated carbocycles. The summed E-state index contributed by atoms with van der Waals surface area (Å²) in [5.41, 5.74) is -0.861. The van der Waals surface area contributed by atoms with Crippen molar-refractivity contribution in [1.29, 1.82) is 0 Å². The lowest BCUT2D eigenvalue weighted by atomic mass is 9.44. The molecule has 4 fully saturated rings. The Hall–Kier alpha value is -0.870. The number of rotatable bonds is 2. The molecule has 4 rings (SSSR count). The fourth-order valence-electron chi connectivity index (χ4n) is 7.77. The van der Waals surface area contributed by atoms with Crippen LogP contribution in [-0.2, 0) is 4.79 Å². The zero-order valence-electron chi connectivity index (χ0n) is 16.2. The van der Waals surface area contributed by atoms with Gasteiger partial charge in [0.15, 0.2) is 0 Å². The second kappa shape index (κ2) is 6.07. The molecular weight excluding hydrogens is 328 g/mol. The van der Waals surface area contributed by atoms with Crippen LogP contribution in [0.4, 0.5) is 0 Å². The summed E-state index contributed by atoms with van der Waals surface area (Å²) in [7, 11) is 0. The van der Waals surface area contributed by atoms with Gasteiger partial charge in [0.25, 0.3) is 0 Å². The van der Waals surface area contributed by atoms with Crippen LogP contribution < -0.4 is 0 Å². The van der Waals surface area contributed by atoms with E-state index in [1.807, 2.05) is 0 Å². The summed E-state index contributed by atoms with van der Waals surface area (Å²) in [5, 5.41) is 30.5. The largest absolute Gasteiger partial charge is 0.478 e. The van der Waals surface area contributed by atoms with Gasteiger partial charge in [0.2, 0.25) is 0 Å². The van der Waals surface area contributed by atoms with Crippen molar-refractivity contribution in [2.75, 3.05) is 0 Å². The van der Waals surface area contributed by atoms with E-state index in [-0.39, 0.29) is 11.5 Å². The minimum atomic E-state index is -0.985. The molecule has 0 heterocycles. The highest BCUT2D eigenvalue weighted by Crippen LogP contribution is 2.68. The lowest BCUT2D eigenvalue weighted by molar-refractivity contribution is -0.147. The summed E-state index contributed by atoms with van der Waals surface area (Å²) < 4.78 is 0. The van der Waals surface area contributed by atoms with Crippen LogP contribution in [0.2, 0.25) is 0 Å². The number of carbonyl (C=O) groups is 1. The highest BCUT2D eigenvalue weighted by atomic mass is 16.4. The lowest BCUT2D eigenvalue weighted by Crippen LogP contribution is -2.56. The van der Waals surface area contributed by atoms with Crippen molar-refractivity contribution in [3.63, 3.8) is 0 Å². The van der Waals surface area contributed by atoms with Gasteiger partial charge in [-0.05, 0) is 93.0 Å². The van der Waals surface area contributed by atoms with Crippen molar-refractivity contribution in [1.82, 2.24) is 0 Å². The number of fused-ring (bicyclic) bond motifs is 5. The Kier molecular flexibility index (Phi) is 4.31. The maximum atomic E-state index is 11.3. The van der Waals surface area contributed by atoms with E-state index < -0.39 is 11.6 Å². The first kappa shape index (κ1) is 18.5. The average molecular weight is 363 g/mol. The minimum absolute atomic E-state index is 0.115. The summed E-state index contributed by atoms with van der Waals surface area (Å²) >= 11 is 0. The summed E-state index contributed by atoms with van der Waals surface area (Å²) in [4.78, 5) is 11.0. The van der Waals surface area contributed by atoms with Crippen LogP contribution in [0.5, 0.6) is 0 Å². The number of carboxylic acid groups (broad SMARTS) is 1. The van der Waals surface area contributed by atoms with Gasteiger partial charge in [-0.1, -0.05) is 13.8 Å². The summed E-state index contributed by atoms with van der Waals surface area (Å²) in [6.45, 7) is 4.67. The van der Waals surface area contributed by atoms with Crippen LogP contribution in [0.25, 0.3) is 0 Å². The second-order valence-electron chi connectivity index (χ2n) is 10.2.